The molecule has 0 atom stereocenters. The summed E-state index contributed by atoms with van der Waals surface area (Å²) in [4.78, 5) is 0. The second-order valence-corrected chi connectivity index (χ2v) is 3.00. The van der Waals surface area contributed by atoms with Gasteiger partial charge in [-0.3, -0.25) is 0 Å². The van der Waals surface area contributed by atoms with E-state index < -0.39 is 10.0 Å². The molecule has 1 rings (SSSR count). The maximum Gasteiger partial charge on any atom is 0.275 e. The van der Waals surface area contributed by atoms with Crippen LogP contribution in [0.3, 0.4) is 0 Å². The van der Waals surface area contributed by atoms with Crippen LogP contribution in [0.2, 0.25) is 0 Å². The molecular weight excluding hydrogens is 138 g/mol. The lowest BCUT2D eigenvalue weighted by molar-refractivity contribution is 0.606. The summed E-state index contributed by atoms with van der Waals surface area (Å²) in [6, 6.07) is 0. The third-order valence-electron chi connectivity index (χ3n) is 0.767. The highest BCUT2D eigenvalue weighted by molar-refractivity contribution is 7.93. The third-order valence-corrected chi connectivity index (χ3v) is 1.68. The van der Waals surface area contributed by atoms with Crippen molar-refractivity contribution in [3.05, 3.63) is 23.6 Å². The molecule has 0 spiro atoms. The number of hydrogen-bond acceptors (Lipinski definition) is 2. The zero-order valence-electron chi connectivity index (χ0n) is 4.56. The molecule has 0 radical (unpaired) electrons. The number of rotatable bonds is 0. The van der Waals surface area contributed by atoms with Crippen molar-refractivity contribution >= 4 is 16.2 Å². The van der Waals surface area contributed by atoms with Crippen molar-refractivity contribution in [2.45, 2.75) is 0 Å². The predicted molar refractivity (Wildman–Crippen MR) is 35.7 cm³/mol. The summed E-state index contributed by atoms with van der Waals surface area (Å²) in [6.45, 7) is 0. The Balaban J connectivity index is 3.11. The largest absolute Gasteiger partial charge is 0.275 e. The van der Waals surface area contributed by atoms with Crippen LogP contribution in [0, 0.1) is 0 Å². The molecule has 0 aromatic heterocycles. The van der Waals surface area contributed by atoms with Crippen LogP contribution in [-0.2, 0) is 10.0 Å². The van der Waals surface area contributed by atoms with Gasteiger partial charge in [0.1, 0.15) is 0 Å². The summed E-state index contributed by atoms with van der Waals surface area (Å²) in [5, 5.41) is 1.05. The van der Waals surface area contributed by atoms with Crippen LogP contribution < -0.4 is 0 Å². The average molecular weight is 143 g/mol. The maximum absolute atomic E-state index is 10.5. The number of allylic oxidation sites excluding steroid dienone is 3. The zero-order valence-corrected chi connectivity index (χ0v) is 5.38. The molecule has 1 heterocycles. The Kier molecular flexibility index (Phi) is 1.48. The van der Waals surface area contributed by atoms with E-state index in [9.17, 15) is 8.42 Å². The van der Waals surface area contributed by atoms with E-state index in [4.69, 9.17) is 0 Å². The fourth-order valence-corrected chi connectivity index (χ4v) is 1.01. The minimum atomic E-state index is -3.29. The maximum atomic E-state index is 10.5. The highest BCUT2D eigenvalue weighted by Gasteiger charge is 1.98. The molecule has 0 unspecified atom stereocenters. The van der Waals surface area contributed by atoms with E-state index in [2.05, 4.69) is 4.40 Å². The van der Waals surface area contributed by atoms with E-state index in [1.807, 2.05) is 0 Å². The molecule has 0 saturated heterocycles. The van der Waals surface area contributed by atoms with Gasteiger partial charge in [0.2, 0.25) is 0 Å². The van der Waals surface area contributed by atoms with Crippen LogP contribution in [0.25, 0.3) is 0 Å². The normalized spacial score (nSPS) is 21.8. The smallest absolute Gasteiger partial charge is 0.200 e. The van der Waals surface area contributed by atoms with Crippen molar-refractivity contribution in [2.75, 3.05) is 0 Å². The van der Waals surface area contributed by atoms with Crippen molar-refractivity contribution in [3.63, 3.8) is 0 Å². The molecule has 4 heteroatoms. The molecule has 48 valence electrons. The van der Waals surface area contributed by atoms with E-state index in [0.29, 0.717) is 0 Å². The quantitative estimate of drug-likeness (QED) is 0.495. The molecule has 0 amide bonds. The molecule has 0 aliphatic carbocycles. The predicted octanol–water partition coefficient (Wildman–Crippen LogP) is 0.471. The van der Waals surface area contributed by atoms with Gasteiger partial charge < -0.3 is 0 Å². The monoisotopic (exact) mass is 143 g/mol. The second kappa shape index (κ2) is 2.14. The first-order valence-electron chi connectivity index (χ1n) is 2.34. The van der Waals surface area contributed by atoms with E-state index in [1.165, 1.54) is 12.3 Å². The molecule has 1 aliphatic heterocycles. The van der Waals surface area contributed by atoms with Crippen molar-refractivity contribution in [3.8, 4) is 0 Å². The summed E-state index contributed by atoms with van der Waals surface area (Å²) in [5.74, 6) is 0. The lowest BCUT2D eigenvalue weighted by Crippen LogP contribution is -1.86. The molecular formula is C5H5NO2S. The van der Waals surface area contributed by atoms with Gasteiger partial charge in [-0.05, 0) is 12.2 Å². The molecule has 0 aromatic rings. The molecule has 0 N–H and O–H groups in total. The summed E-state index contributed by atoms with van der Waals surface area (Å²) < 4.78 is 24.3. The van der Waals surface area contributed by atoms with Gasteiger partial charge in [0.15, 0.2) is 0 Å². The van der Waals surface area contributed by atoms with Crippen molar-refractivity contribution in [2.24, 2.45) is 4.40 Å². The molecule has 9 heavy (non-hydrogen) atoms. The van der Waals surface area contributed by atoms with Crippen LogP contribution in [0.1, 0.15) is 0 Å². The van der Waals surface area contributed by atoms with Crippen LogP contribution >= 0.6 is 0 Å². The highest BCUT2D eigenvalue weighted by atomic mass is 32.2. The minimum Gasteiger partial charge on any atom is -0.200 e. The Hall–Kier alpha value is -0.900. The summed E-state index contributed by atoms with van der Waals surface area (Å²) in [5.41, 5.74) is 0. The topological polar surface area (TPSA) is 46.5 Å². The van der Waals surface area contributed by atoms with Crippen molar-refractivity contribution in [1.82, 2.24) is 0 Å². The average Bonchev–Trinajstić information content (AvgIpc) is 1.92. The molecule has 0 fully saturated rings. The molecule has 1 aliphatic rings. The molecule has 3 nitrogen and oxygen atoms in total. The van der Waals surface area contributed by atoms with Crippen LogP contribution in [-0.4, -0.2) is 14.6 Å². The molecule has 0 saturated carbocycles. The first kappa shape index (κ1) is 6.22. The van der Waals surface area contributed by atoms with Crippen molar-refractivity contribution in [1.29, 1.82) is 0 Å². The summed E-state index contributed by atoms with van der Waals surface area (Å²) >= 11 is 0. The minimum absolute atomic E-state index is 1.05. The van der Waals surface area contributed by atoms with Gasteiger partial charge in [0.25, 0.3) is 10.0 Å². The third kappa shape index (κ3) is 1.81. The molecule has 0 bridgehead atoms. The number of nitrogens with zero attached hydrogens (tertiary/aromatic N) is 1. The number of hydrogen-bond donors (Lipinski definition) is 0. The Morgan fingerprint density at radius 2 is 1.89 bits per heavy atom. The first-order valence-corrected chi connectivity index (χ1v) is 3.85. The van der Waals surface area contributed by atoms with Gasteiger partial charge in [-0.15, -0.1) is 0 Å². The summed E-state index contributed by atoms with van der Waals surface area (Å²) in [7, 11) is -3.29. The van der Waals surface area contributed by atoms with Gasteiger partial charge in [-0.2, -0.15) is 12.8 Å². The Morgan fingerprint density at radius 1 is 1.11 bits per heavy atom. The Bertz CT molecular complexity index is 249. The van der Waals surface area contributed by atoms with Crippen molar-refractivity contribution < 1.29 is 8.42 Å². The summed E-state index contributed by atoms with van der Waals surface area (Å²) in [6.07, 6.45) is 5.84. The fraction of sp³-hybridized carbons (Fsp3) is 0. The number of sulfonamides is 1. The lowest BCUT2D eigenvalue weighted by atomic mass is 10.5. The van der Waals surface area contributed by atoms with E-state index >= 15 is 0 Å². The van der Waals surface area contributed by atoms with Gasteiger partial charge in [0, 0.05) is 6.21 Å². The van der Waals surface area contributed by atoms with Crippen LogP contribution in [0.5, 0.6) is 0 Å². The SMILES string of the molecule is O=S1(=O)C=CC=CC=N1. The fourth-order valence-electron chi connectivity index (χ4n) is 0.414. The first-order chi connectivity index (χ1) is 4.21. The Labute approximate surface area is 53.5 Å². The zero-order chi connectivity index (χ0) is 6.74. The van der Waals surface area contributed by atoms with Gasteiger partial charge in [-0.1, -0.05) is 6.08 Å². The molecule has 0 aromatic carbocycles. The van der Waals surface area contributed by atoms with E-state index in [1.54, 1.807) is 12.2 Å². The standard InChI is InChI=1S/C5H5NO2S/c7-9(8)5-3-1-2-4-6-9/h1-5H. The van der Waals surface area contributed by atoms with Crippen LogP contribution in [0.4, 0.5) is 0 Å². The van der Waals surface area contributed by atoms with E-state index in [0.717, 1.165) is 5.41 Å². The lowest BCUT2D eigenvalue weighted by Gasteiger charge is -1.80. The highest BCUT2D eigenvalue weighted by Crippen LogP contribution is 1.96. The second-order valence-electron chi connectivity index (χ2n) is 1.48. The Morgan fingerprint density at radius 3 is 2.67 bits per heavy atom. The van der Waals surface area contributed by atoms with E-state index in [-0.39, 0.29) is 0 Å². The van der Waals surface area contributed by atoms with Gasteiger partial charge >= 0.3 is 0 Å². The van der Waals surface area contributed by atoms with Gasteiger partial charge in [-0.25, -0.2) is 0 Å². The van der Waals surface area contributed by atoms with Crippen LogP contribution in [0.15, 0.2) is 28.0 Å². The van der Waals surface area contributed by atoms with Gasteiger partial charge in [0.05, 0.1) is 5.41 Å².